The van der Waals surface area contributed by atoms with Gasteiger partial charge in [-0.25, -0.2) is 0 Å². The number of aliphatic hydroxyl groups is 6. The van der Waals surface area contributed by atoms with Gasteiger partial charge in [0, 0.05) is 113 Å². The van der Waals surface area contributed by atoms with Crippen molar-refractivity contribution in [2.24, 2.45) is 0 Å². The average molecular weight is 1500 g/mol. The molecule has 39 nitrogen and oxygen atoms in total. The van der Waals surface area contributed by atoms with Crippen LogP contribution in [0.4, 0.5) is 11.4 Å². The number of nitro groups is 1. The van der Waals surface area contributed by atoms with Crippen molar-refractivity contribution >= 4 is 11.4 Å². The Kier molecular flexibility index (Phi) is 32.3. The van der Waals surface area contributed by atoms with Gasteiger partial charge in [-0.15, -0.1) is 0 Å². The third kappa shape index (κ3) is 17.6. The van der Waals surface area contributed by atoms with E-state index in [1.807, 2.05) is 0 Å². The molecule has 22 rings (SSSR count). The predicted octanol–water partition coefficient (Wildman–Crippen LogP) is -3.90. The minimum atomic E-state index is -1.48. The van der Waals surface area contributed by atoms with E-state index < -0.39 is 260 Å². The molecule has 1 aromatic rings. The maximum atomic E-state index is 12.2. The van der Waals surface area contributed by atoms with Crippen LogP contribution < -0.4 is 5.32 Å². The summed E-state index contributed by atoms with van der Waals surface area (Å²) in [6, 6.07) is 4.55. The molecule has 21 heterocycles. The van der Waals surface area contributed by atoms with Gasteiger partial charge in [-0.05, 0) is 11.6 Å². The summed E-state index contributed by atoms with van der Waals surface area (Å²) in [5.41, 5.74) is 0.475. The smallest absolute Gasteiger partial charge is 0.292 e. The van der Waals surface area contributed by atoms with Crippen molar-refractivity contribution in [1.82, 2.24) is 0 Å². The minimum absolute atomic E-state index is 0.191. The second-order valence-electron chi connectivity index (χ2n) is 25.3. The SMILES string of the molecule is CNc1ccc(COC[C@H]2O[C@@H]3O[C@H]4[C@H](OC)[C@@H](OC)[C@@H](O[C@H]5[C@H](OC)[C@@H](OC)[C@@H](O[C@H]6[C@H](OC)[C@@H](OC)[C@@H](O[C@H]7[C@H](OC)[C@@H](OC)[C@@H](O[C@H]8[C@H](OC)[C@@H](OC)[C@@H](O[C@H]9[C@H](OC)[C@@H](OC)[C@@H](O[C@H]2[C@H](OC)[C@H]3OC)O[C@@H]9CO)O[C@@H]8CO)O[C@@H]7CO)O[C@@H]6CO)O[C@@H]5CO)O[C@@H]4CO)cc1[N+](=O)[O-]. The number of nitrogens with zero attached hydrogens (tertiary/aromatic N) is 1. The van der Waals surface area contributed by atoms with Crippen LogP contribution >= 0.6 is 0 Å². The lowest BCUT2D eigenvalue weighted by Gasteiger charge is -2.52. The van der Waals surface area contributed by atoms with Gasteiger partial charge in [-0.1, -0.05) is 6.07 Å². The number of nitro benzene ring substituents is 1. The van der Waals surface area contributed by atoms with Crippen LogP contribution in [-0.4, -0.2) is 403 Å². The molecule has 7 N–H and O–H groups in total. The maximum absolute atomic E-state index is 12.2. The topological polar surface area (TPSA) is 444 Å². The van der Waals surface area contributed by atoms with Gasteiger partial charge in [0.1, 0.15) is 177 Å². The van der Waals surface area contributed by atoms with E-state index >= 15 is 0 Å². The molecule has 0 amide bonds. The molecule has 0 saturated carbocycles. The molecule has 103 heavy (non-hydrogen) atoms. The van der Waals surface area contributed by atoms with Gasteiger partial charge in [-0.3, -0.25) is 10.1 Å². The first-order valence-corrected chi connectivity index (χ1v) is 33.7. The first kappa shape index (κ1) is 84.0. The zero-order chi connectivity index (χ0) is 74.5. The van der Waals surface area contributed by atoms with Crippen molar-refractivity contribution in [3.05, 3.63) is 33.9 Å². The van der Waals surface area contributed by atoms with Gasteiger partial charge in [0.15, 0.2) is 44.0 Å². The third-order valence-electron chi connectivity index (χ3n) is 20.1. The normalized spacial score (nSPS) is 44.3. The van der Waals surface area contributed by atoms with Gasteiger partial charge in [0.25, 0.3) is 5.69 Å². The highest BCUT2D eigenvalue weighted by Gasteiger charge is 2.62. The van der Waals surface area contributed by atoms with Crippen molar-refractivity contribution in [3.8, 4) is 0 Å². The molecule has 35 atom stereocenters. The number of aliphatic hydroxyl groups excluding tert-OH is 6. The molecule has 14 bridgehead atoms. The Morgan fingerprint density at radius 2 is 0.534 bits per heavy atom. The first-order valence-electron chi connectivity index (χ1n) is 33.7. The first-order chi connectivity index (χ1) is 50.0. The van der Waals surface area contributed by atoms with E-state index in [0.29, 0.717) is 5.56 Å². The highest BCUT2D eigenvalue weighted by Crippen LogP contribution is 2.43. The van der Waals surface area contributed by atoms with E-state index in [4.69, 9.17) is 137 Å². The molecule has 0 unspecified atom stereocenters. The van der Waals surface area contributed by atoms with Crippen LogP contribution in [0.25, 0.3) is 0 Å². The number of hydrogen-bond acceptors (Lipinski definition) is 38. The molecule has 0 aromatic heterocycles. The van der Waals surface area contributed by atoms with E-state index in [9.17, 15) is 40.8 Å². The largest absolute Gasteiger partial charge is 0.394 e. The van der Waals surface area contributed by atoms with E-state index in [1.54, 1.807) is 13.1 Å². The molecular weight excluding hydrogens is 1390 g/mol. The summed E-state index contributed by atoms with van der Waals surface area (Å²) in [4.78, 5) is 11.6. The predicted molar refractivity (Wildman–Crippen MR) is 341 cm³/mol. The third-order valence-corrected chi connectivity index (χ3v) is 20.1. The van der Waals surface area contributed by atoms with Gasteiger partial charge < -0.3 is 173 Å². The lowest BCUT2D eigenvalue weighted by molar-refractivity contribution is -0.402. The Labute approximate surface area is 596 Å². The molecule has 0 spiro atoms. The van der Waals surface area contributed by atoms with E-state index in [0.717, 1.165) is 0 Å². The monoisotopic (exact) mass is 1490 g/mol. The van der Waals surface area contributed by atoms with Crippen molar-refractivity contribution in [2.45, 2.75) is 222 Å². The van der Waals surface area contributed by atoms with Gasteiger partial charge >= 0.3 is 0 Å². The summed E-state index contributed by atoms with van der Waals surface area (Å²) in [6.45, 7) is -4.85. The summed E-state index contributed by atoms with van der Waals surface area (Å²) >= 11 is 0. The van der Waals surface area contributed by atoms with Crippen LogP contribution in [0.2, 0.25) is 0 Å². The van der Waals surface area contributed by atoms with Crippen LogP contribution in [-0.2, 0) is 144 Å². The highest BCUT2D eigenvalue weighted by atomic mass is 16.8. The molecule has 21 aliphatic rings. The minimum Gasteiger partial charge on any atom is -0.394 e. The summed E-state index contributed by atoms with van der Waals surface area (Å²) in [5.74, 6) is 0. The van der Waals surface area contributed by atoms with E-state index in [-0.39, 0.29) is 24.6 Å². The highest BCUT2D eigenvalue weighted by molar-refractivity contribution is 5.62. The number of anilines is 1. The van der Waals surface area contributed by atoms with Crippen LogP contribution in [0.1, 0.15) is 5.56 Å². The number of hydrogen-bond donors (Lipinski definition) is 7. The molecule has 0 aliphatic carbocycles. The second kappa shape index (κ2) is 39.6. The molecule has 39 heteroatoms. The molecule has 21 aliphatic heterocycles. The van der Waals surface area contributed by atoms with E-state index in [1.165, 1.54) is 112 Å². The van der Waals surface area contributed by atoms with Crippen LogP contribution in [0.15, 0.2) is 18.2 Å². The zero-order valence-electron chi connectivity index (χ0n) is 60.4. The molecular formula is C64H106N2O37. The number of nitrogens with one attached hydrogen (secondary N) is 1. The van der Waals surface area contributed by atoms with Crippen molar-refractivity contribution in [2.75, 3.05) is 158 Å². The van der Waals surface area contributed by atoms with Gasteiger partial charge in [0.2, 0.25) is 0 Å². The molecule has 594 valence electrons. The summed E-state index contributed by atoms with van der Waals surface area (Å²) in [6.07, 6.45) is -44.9. The molecule has 21 fully saturated rings. The fourth-order valence-electron chi connectivity index (χ4n) is 15.1. The maximum Gasteiger partial charge on any atom is 0.292 e. The fraction of sp³-hybridized carbons (Fsp3) is 0.906. The van der Waals surface area contributed by atoms with Gasteiger partial charge in [-0.2, -0.15) is 0 Å². The number of methoxy groups -OCH3 is 14. The Bertz CT molecular complexity index is 2660. The Hall–Kier alpha value is -2.98. The summed E-state index contributed by atoms with van der Waals surface area (Å²) < 4.78 is 186. The van der Waals surface area contributed by atoms with Crippen LogP contribution in [0.5, 0.6) is 0 Å². The average Bonchev–Trinajstić information content (AvgIpc) is 0.778. The van der Waals surface area contributed by atoms with Crippen LogP contribution in [0.3, 0.4) is 0 Å². The Morgan fingerprint density at radius 3 is 0.718 bits per heavy atom. The molecule has 0 radical (unpaired) electrons. The second-order valence-corrected chi connectivity index (χ2v) is 25.3. The van der Waals surface area contributed by atoms with Crippen molar-refractivity contribution in [1.29, 1.82) is 0 Å². The van der Waals surface area contributed by atoms with Crippen molar-refractivity contribution in [3.63, 3.8) is 0 Å². The Morgan fingerprint density at radius 1 is 0.330 bits per heavy atom. The Balaban J connectivity index is 1.12. The fourth-order valence-corrected chi connectivity index (χ4v) is 15.1. The number of rotatable bonds is 26. The summed E-state index contributed by atoms with van der Waals surface area (Å²) in [5, 5.41) is 82.4. The van der Waals surface area contributed by atoms with Crippen LogP contribution in [0, 0.1) is 10.1 Å². The van der Waals surface area contributed by atoms with Crippen molar-refractivity contribution < 1.29 is 173 Å². The molecule has 21 saturated heterocycles. The number of benzene rings is 1. The lowest BCUT2D eigenvalue weighted by atomic mass is 9.94. The number of ether oxygens (including phenoxy) is 29. The lowest BCUT2D eigenvalue weighted by Crippen LogP contribution is -2.69. The zero-order valence-corrected chi connectivity index (χ0v) is 60.4. The van der Waals surface area contributed by atoms with Gasteiger partial charge in [0.05, 0.1) is 57.8 Å². The van der Waals surface area contributed by atoms with E-state index in [2.05, 4.69) is 5.32 Å². The quantitative estimate of drug-likeness (QED) is 0.0344. The standard InChI is InChI=1S/C64H106N2O37/c1-65-28-17-16-27(18-29(28)66(73)74)25-89-26-36-43-50(81-8)57(88-15)64(96-36)102-42-35(24-72)94-62(55(86-13)49(42)80-7)100-40-33(22-70)92-60(53(84-11)47(40)78-5)98-38-31(20-68)90-58(51(82-9)45(38)76-3)97-37-30(19-67)91-59(52(83-10)44(37)75-2)99-39-32(21-69)93-61(54(85-12)46(39)77-4)101-41-34(23-71)95-63(103-43)56(87-14)48(41)79-6/h16-18,30-65,67-72H,19-26H2,1-15H3/t30-,31-,32-,33-,34-,35-,36-,37-,38-,39-,40-,41-,42-,43-,44+,45+,46+,47+,48+,49+,50+,51-,52-,53-,54-,55-,56-,57-,58-,59-,60-,61-,62-,63-,64-/m1/s1. The summed E-state index contributed by atoms with van der Waals surface area (Å²) in [7, 11) is 20.7. The molecule has 1 aromatic carbocycles.